The van der Waals surface area contributed by atoms with E-state index in [-0.39, 0.29) is 36.0 Å². The summed E-state index contributed by atoms with van der Waals surface area (Å²) < 4.78 is 23.0. The summed E-state index contributed by atoms with van der Waals surface area (Å²) in [6.45, 7) is 10.9. The summed E-state index contributed by atoms with van der Waals surface area (Å²) in [6.07, 6.45) is 6.55. The second-order valence-electron chi connectivity index (χ2n) is 17.1. The van der Waals surface area contributed by atoms with Crippen molar-refractivity contribution in [2.75, 3.05) is 14.2 Å². The molecule has 2 aliphatic carbocycles. The van der Waals surface area contributed by atoms with Crippen molar-refractivity contribution in [1.82, 2.24) is 15.6 Å². The van der Waals surface area contributed by atoms with E-state index in [0.717, 1.165) is 37.7 Å². The topological polar surface area (TPSA) is 159 Å². The standard InChI is InChI=1S/C47H61N3O9/c1-9-16-31(45(54)59-47(4,5)6)23-39(51)35-24-33(58-40-27-37(29-17-12-10-13-18-29)48-38-26-32(56-7)21-22-34(38)40)25-36(35)43(52)49-41(28(2)3)44(53)50-42(46(55)57-8)30-19-14-11-15-20-30/h10,12-13,17-18,21-22,25-28,30-31,33,35,41-42H,9,11,14-16,19-20,23-24H2,1-8H3,(H,49,52)(H,50,53)/t31-,33-,35-,41+,42+/m1/s1. The van der Waals surface area contributed by atoms with Crippen LogP contribution in [-0.4, -0.2) is 72.5 Å². The first kappa shape index (κ1) is 44.8. The first-order valence-electron chi connectivity index (χ1n) is 21.0. The molecular weight excluding hydrogens is 751 g/mol. The maximum Gasteiger partial charge on any atom is 0.328 e. The number of hydrogen-bond donors (Lipinski definition) is 2. The lowest BCUT2D eigenvalue weighted by molar-refractivity contribution is -0.161. The lowest BCUT2D eigenvalue weighted by atomic mass is 9.83. The van der Waals surface area contributed by atoms with Crippen LogP contribution in [0.4, 0.5) is 0 Å². The Hall–Kier alpha value is -5.26. The highest BCUT2D eigenvalue weighted by molar-refractivity contribution is 6.04. The van der Waals surface area contributed by atoms with Crippen molar-refractivity contribution < 1.29 is 42.9 Å². The van der Waals surface area contributed by atoms with Crippen LogP contribution in [0.3, 0.4) is 0 Å². The highest BCUT2D eigenvalue weighted by Gasteiger charge is 2.41. The predicted molar refractivity (Wildman–Crippen MR) is 225 cm³/mol. The summed E-state index contributed by atoms with van der Waals surface area (Å²) in [5, 5.41) is 6.51. The third-order valence-electron chi connectivity index (χ3n) is 11.1. The van der Waals surface area contributed by atoms with Crippen molar-refractivity contribution in [3.63, 3.8) is 0 Å². The van der Waals surface area contributed by atoms with Crippen LogP contribution in [0.1, 0.15) is 99.3 Å². The molecule has 2 amide bonds. The number of amides is 2. The third-order valence-corrected chi connectivity index (χ3v) is 11.1. The third kappa shape index (κ3) is 11.7. The normalized spacial score (nSPS) is 18.6. The molecule has 5 atom stereocenters. The van der Waals surface area contributed by atoms with Gasteiger partial charge in [0.15, 0.2) is 0 Å². The number of carbonyl (C=O) groups is 5. The Bertz CT molecular complexity index is 2000. The molecule has 0 bridgehead atoms. The van der Waals surface area contributed by atoms with Crippen molar-refractivity contribution in [2.24, 2.45) is 23.7 Å². The minimum Gasteiger partial charge on any atom is -0.497 e. The van der Waals surface area contributed by atoms with Gasteiger partial charge in [0.05, 0.1) is 37.3 Å². The second kappa shape index (κ2) is 20.1. The quantitative estimate of drug-likeness (QED) is 0.129. The molecule has 3 aromatic rings. The molecule has 1 aromatic heterocycles. The molecule has 12 nitrogen and oxygen atoms in total. The van der Waals surface area contributed by atoms with E-state index in [4.69, 9.17) is 23.9 Å². The van der Waals surface area contributed by atoms with E-state index in [2.05, 4.69) is 10.6 Å². The Morgan fingerprint density at radius 1 is 0.898 bits per heavy atom. The molecule has 318 valence electrons. The van der Waals surface area contributed by atoms with Gasteiger partial charge in [-0.2, -0.15) is 0 Å². The van der Waals surface area contributed by atoms with E-state index in [9.17, 15) is 24.0 Å². The summed E-state index contributed by atoms with van der Waals surface area (Å²) >= 11 is 0. The highest BCUT2D eigenvalue weighted by Crippen LogP contribution is 2.37. The number of Topliss-reactive ketones (excluding diaryl/α,β-unsaturated/α-hetero) is 1. The van der Waals surface area contributed by atoms with Crippen LogP contribution in [0, 0.1) is 23.7 Å². The van der Waals surface area contributed by atoms with Crippen molar-refractivity contribution >= 4 is 40.4 Å². The number of ketones is 1. The number of fused-ring (bicyclic) bond motifs is 1. The molecule has 12 heteroatoms. The van der Waals surface area contributed by atoms with E-state index in [0.29, 0.717) is 40.9 Å². The van der Waals surface area contributed by atoms with Crippen molar-refractivity contribution in [1.29, 1.82) is 0 Å². The zero-order chi connectivity index (χ0) is 42.9. The molecule has 0 saturated heterocycles. The maximum absolute atomic E-state index is 14.4. The van der Waals surface area contributed by atoms with Crippen LogP contribution in [0.5, 0.6) is 11.5 Å². The number of rotatable bonds is 17. The van der Waals surface area contributed by atoms with Gasteiger partial charge in [0.1, 0.15) is 41.1 Å². The molecule has 1 fully saturated rings. The number of nitrogens with zero attached hydrogens (tertiary/aromatic N) is 1. The summed E-state index contributed by atoms with van der Waals surface area (Å²) in [5.74, 6) is -3.36. The Morgan fingerprint density at radius 2 is 1.61 bits per heavy atom. The molecule has 59 heavy (non-hydrogen) atoms. The van der Waals surface area contributed by atoms with Crippen molar-refractivity contribution in [2.45, 2.75) is 123 Å². The fraction of sp³-hybridized carbons (Fsp3) is 0.532. The lowest BCUT2D eigenvalue weighted by Crippen LogP contribution is -2.56. The zero-order valence-electron chi connectivity index (χ0n) is 35.8. The van der Waals surface area contributed by atoms with Gasteiger partial charge in [-0.1, -0.05) is 76.8 Å². The summed E-state index contributed by atoms with van der Waals surface area (Å²) in [4.78, 5) is 73.9. The number of pyridine rings is 1. The molecule has 1 saturated carbocycles. The lowest BCUT2D eigenvalue weighted by Gasteiger charge is -2.31. The number of ether oxygens (including phenoxy) is 4. The molecule has 2 aliphatic rings. The fourth-order valence-electron chi connectivity index (χ4n) is 8.07. The SMILES string of the molecule is CCC[C@H](CC(=O)[C@@H]1C[C@@H](Oc2cc(-c3ccccc3)nc3cc(OC)ccc23)C=C1C(=O)N[C@H](C(=O)N[C@H](C(=O)OC)C1CCCCC1)C(C)C)C(=O)OC(C)(C)C. The Labute approximate surface area is 348 Å². The first-order valence-corrected chi connectivity index (χ1v) is 21.0. The van der Waals surface area contributed by atoms with E-state index in [1.165, 1.54) is 7.11 Å². The second-order valence-corrected chi connectivity index (χ2v) is 17.1. The van der Waals surface area contributed by atoms with Gasteiger partial charge in [-0.15, -0.1) is 0 Å². The van der Waals surface area contributed by atoms with Crippen molar-refractivity contribution in [3.8, 4) is 22.8 Å². The average molecular weight is 812 g/mol. The summed E-state index contributed by atoms with van der Waals surface area (Å²) in [6, 6.07) is 15.1. The molecule has 1 heterocycles. The molecular formula is C47H61N3O9. The highest BCUT2D eigenvalue weighted by atomic mass is 16.6. The summed E-state index contributed by atoms with van der Waals surface area (Å²) in [7, 11) is 2.89. The maximum atomic E-state index is 14.4. The number of carbonyl (C=O) groups excluding carboxylic acids is 5. The van der Waals surface area contributed by atoms with Gasteiger partial charge in [-0.25, -0.2) is 9.78 Å². The number of benzene rings is 2. The van der Waals surface area contributed by atoms with Gasteiger partial charge >= 0.3 is 11.9 Å². The van der Waals surface area contributed by atoms with Crippen LogP contribution in [0.25, 0.3) is 22.2 Å². The number of esters is 2. The van der Waals surface area contributed by atoms with E-state index in [1.54, 1.807) is 47.8 Å². The van der Waals surface area contributed by atoms with Gasteiger partial charge in [0.25, 0.3) is 0 Å². The number of nitrogens with one attached hydrogen (secondary N) is 2. The van der Waals surface area contributed by atoms with Gasteiger partial charge in [0.2, 0.25) is 11.8 Å². The smallest absolute Gasteiger partial charge is 0.328 e. The van der Waals surface area contributed by atoms with Crippen molar-refractivity contribution in [3.05, 3.63) is 66.2 Å². The zero-order valence-corrected chi connectivity index (χ0v) is 35.8. The van der Waals surface area contributed by atoms with E-state index < -0.39 is 59.4 Å². The van der Waals surface area contributed by atoms with E-state index >= 15 is 0 Å². The van der Waals surface area contributed by atoms with Gasteiger partial charge < -0.3 is 29.6 Å². The Morgan fingerprint density at radius 3 is 2.24 bits per heavy atom. The number of hydrogen-bond acceptors (Lipinski definition) is 10. The Kier molecular flexibility index (Phi) is 15.3. The summed E-state index contributed by atoms with van der Waals surface area (Å²) in [5.41, 5.74) is 1.58. The first-order chi connectivity index (χ1) is 28.1. The molecule has 0 radical (unpaired) electrons. The number of aromatic nitrogens is 1. The number of methoxy groups -OCH3 is 2. The largest absolute Gasteiger partial charge is 0.497 e. The minimum absolute atomic E-state index is 0.0742. The Balaban J connectivity index is 1.48. The monoisotopic (exact) mass is 811 g/mol. The van der Waals surface area contributed by atoms with Gasteiger partial charge in [-0.3, -0.25) is 19.2 Å². The molecule has 2 aromatic carbocycles. The van der Waals surface area contributed by atoms with Crippen LogP contribution >= 0.6 is 0 Å². The molecule has 0 spiro atoms. The average Bonchev–Trinajstić information content (AvgIpc) is 3.65. The van der Waals surface area contributed by atoms with Crippen LogP contribution in [-0.2, 0) is 33.4 Å². The van der Waals surface area contributed by atoms with Crippen LogP contribution in [0.15, 0.2) is 66.2 Å². The molecule has 0 aliphatic heterocycles. The van der Waals surface area contributed by atoms with Gasteiger partial charge in [0, 0.05) is 41.5 Å². The minimum atomic E-state index is -1.03. The van der Waals surface area contributed by atoms with Crippen LogP contribution < -0.4 is 20.1 Å². The van der Waals surface area contributed by atoms with E-state index in [1.807, 2.05) is 61.5 Å². The fourth-order valence-corrected chi connectivity index (χ4v) is 8.07. The predicted octanol–water partition coefficient (Wildman–Crippen LogP) is 7.70. The van der Waals surface area contributed by atoms with Crippen LogP contribution in [0.2, 0.25) is 0 Å². The molecule has 5 rings (SSSR count). The van der Waals surface area contributed by atoms with Gasteiger partial charge in [-0.05, 0) is 70.1 Å². The molecule has 2 N–H and O–H groups in total. The molecule has 0 unspecified atom stereocenters.